The fourth-order valence-electron chi connectivity index (χ4n) is 2.25. The molecule has 1 aromatic rings. The van der Waals surface area contributed by atoms with Crippen molar-refractivity contribution in [1.29, 1.82) is 0 Å². The van der Waals surface area contributed by atoms with Crippen molar-refractivity contribution in [2.45, 2.75) is 25.0 Å². The predicted molar refractivity (Wildman–Crippen MR) is 75.8 cm³/mol. The van der Waals surface area contributed by atoms with E-state index in [2.05, 4.69) is 20.8 Å². The lowest BCUT2D eigenvalue weighted by Crippen LogP contribution is -2.24. The van der Waals surface area contributed by atoms with Gasteiger partial charge in [0.1, 0.15) is 0 Å². The van der Waals surface area contributed by atoms with Gasteiger partial charge in [-0.2, -0.15) is 0 Å². The highest BCUT2D eigenvalue weighted by Crippen LogP contribution is 2.28. The zero-order valence-corrected chi connectivity index (χ0v) is 12.4. The first-order chi connectivity index (χ1) is 8.56. The molecule has 2 N–H and O–H groups in total. The smallest absolute Gasteiger partial charge is 0.0816 e. The minimum absolute atomic E-state index is 0.210. The molecule has 0 saturated carbocycles. The zero-order chi connectivity index (χ0) is 13.1. The van der Waals surface area contributed by atoms with Crippen LogP contribution in [0.15, 0.2) is 22.7 Å². The molecule has 0 amide bonds. The highest BCUT2D eigenvalue weighted by atomic mass is 79.9. The maximum atomic E-state index is 10.1. The van der Waals surface area contributed by atoms with Crippen LogP contribution in [-0.2, 0) is 0 Å². The molecule has 0 aliphatic carbocycles. The maximum Gasteiger partial charge on any atom is 0.0816 e. The van der Waals surface area contributed by atoms with E-state index in [1.54, 1.807) is 6.07 Å². The Morgan fingerprint density at radius 1 is 1.50 bits per heavy atom. The molecular weight excluding hydrogens is 318 g/mol. The first-order valence-electron chi connectivity index (χ1n) is 6.09. The Labute approximate surface area is 120 Å². The average molecular weight is 335 g/mol. The molecule has 0 bridgehead atoms. The molecule has 3 nitrogen and oxygen atoms in total. The van der Waals surface area contributed by atoms with E-state index in [9.17, 15) is 10.2 Å². The van der Waals surface area contributed by atoms with Crippen molar-refractivity contribution in [1.82, 2.24) is 4.90 Å². The van der Waals surface area contributed by atoms with Gasteiger partial charge in [-0.1, -0.05) is 33.6 Å². The molecule has 100 valence electrons. The van der Waals surface area contributed by atoms with Crippen LogP contribution in [0.1, 0.15) is 24.5 Å². The van der Waals surface area contributed by atoms with Crippen molar-refractivity contribution in [3.05, 3.63) is 33.3 Å². The van der Waals surface area contributed by atoms with Crippen LogP contribution >= 0.6 is 27.5 Å². The fraction of sp³-hybridized carbons (Fsp3) is 0.538. The highest BCUT2D eigenvalue weighted by Gasteiger charge is 2.21. The third kappa shape index (κ3) is 3.68. The summed E-state index contributed by atoms with van der Waals surface area (Å²) in [5.74, 6) is 0. The summed E-state index contributed by atoms with van der Waals surface area (Å²) in [5.41, 5.74) is 0.764. The van der Waals surface area contributed by atoms with E-state index < -0.39 is 6.10 Å². The van der Waals surface area contributed by atoms with Crippen LogP contribution < -0.4 is 0 Å². The van der Waals surface area contributed by atoms with Gasteiger partial charge in [0.2, 0.25) is 0 Å². The molecule has 5 heteroatoms. The molecule has 1 fully saturated rings. The van der Waals surface area contributed by atoms with Crippen molar-refractivity contribution >= 4 is 27.5 Å². The van der Waals surface area contributed by atoms with Gasteiger partial charge in [0.05, 0.1) is 12.2 Å². The van der Waals surface area contributed by atoms with Crippen LogP contribution in [0.3, 0.4) is 0 Å². The van der Waals surface area contributed by atoms with Crippen molar-refractivity contribution in [3.8, 4) is 0 Å². The van der Waals surface area contributed by atoms with Crippen molar-refractivity contribution in [2.75, 3.05) is 19.6 Å². The second kappa shape index (κ2) is 6.35. The molecule has 0 spiro atoms. The second-order valence-corrected chi connectivity index (χ2v) is 6.04. The number of benzene rings is 1. The van der Waals surface area contributed by atoms with Gasteiger partial charge in [-0.05, 0) is 30.5 Å². The molecule has 18 heavy (non-hydrogen) atoms. The van der Waals surface area contributed by atoms with E-state index in [1.165, 1.54) is 0 Å². The van der Waals surface area contributed by atoms with Crippen LogP contribution in [-0.4, -0.2) is 40.9 Å². The fourth-order valence-corrected chi connectivity index (χ4v) is 3.05. The van der Waals surface area contributed by atoms with Gasteiger partial charge < -0.3 is 15.1 Å². The van der Waals surface area contributed by atoms with Gasteiger partial charge in [-0.15, -0.1) is 0 Å². The first-order valence-corrected chi connectivity index (χ1v) is 7.27. The molecular formula is C13H17BrClNO2. The minimum Gasteiger partial charge on any atom is -0.392 e. The normalized spacial score (nSPS) is 22.3. The summed E-state index contributed by atoms with van der Waals surface area (Å²) >= 11 is 9.44. The van der Waals surface area contributed by atoms with Crippen molar-refractivity contribution < 1.29 is 10.2 Å². The Hall–Kier alpha value is -0.130. The molecule has 1 aliphatic rings. The molecule has 2 unspecified atom stereocenters. The Bertz CT molecular complexity index is 416. The lowest BCUT2D eigenvalue weighted by atomic mass is 10.1. The summed E-state index contributed by atoms with van der Waals surface area (Å²) in [6, 6.07) is 5.51. The Morgan fingerprint density at radius 2 is 2.28 bits per heavy atom. The van der Waals surface area contributed by atoms with Crippen molar-refractivity contribution in [3.63, 3.8) is 0 Å². The number of aliphatic hydroxyl groups is 2. The lowest BCUT2D eigenvalue weighted by molar-refractivity contribution is 0.138. The summed E-state index contributed by atoms with van der Waals surface area (Å²) < 4.78 is 0.908. The topological polar surface area (TPSA) is 43.7 Å². The molecule has 1 heterocycles. The summed E-state index contributed by atoms with van der Waals surface area (Å²) in [7, 11) is 0. The summed E-state index contributed by atoms with van der Waals surface area (Å²) in [6.45, 7) is 2.40. The lowest BCUT2D eigenvalue weighted by Gasteiger charge is -2.18. The number of nitrogens with zero attached hydrogens (tertiary/aromatic N) is 1. The third-order valence-electron chi connectivity index (χ3n) is 3.29. The SMILES string of the molecule is OC1CCN(CCC(O)c2ccc(Br)cc2Cl)C1. The molecule has 2 atom stereocenters. The monoisotopic (exact) mass is 333 g/mol. The predicted octanol–water partition coefficient (Wildman–Crippen LogP) is 2.59. The number of likely N-dealkylation sites (tertiary alicyclic amines) is 1. The van der Waals surface area contributed by atoms with Gasteiger partial charge in [0, 0.05) is 29.1 Å². The van der Waals surface area contributed by atoms with Crippen LogP contribution in [0.4, 0.5) is 0 Å². The first kappa shape index (κ1) is 14.3. The summed E-state index contributed by atoms with van der Waals surface area (Å²) in [4.78, 5) is 2.17. The van der Waals surface area contributed by atoms with E-state index in [0.717, 1.165) is 29.5 Å². The van der Waals surface area contributed by atoms with Crippen LogP contribution in [0, 0.1) is 0 Å². The van der Waals surface area contributed by atoms with Crippen LogP contribution in [0.2, 0.25) is 5.02 Å². The molecule has 2 rings (SSSR count). The van der Waals surface area contributed by atoms with E-state index in [4.69, 9.17) is 11.6 Å². The summed E-state index contributed by atoms with van der Waals surface area (Å²) in [6.07, 6.45) is 0.699. The number of halogens is 2. The van der Waals surface area contributed by atoms with Gasteiger partial charge >= 0.3 is 0 Å². The Morgan fingerprint density at radius 3 is 2.89 bits per heavy atom. The molecule has 0 aromatic heterocycles. The molecule has 0 radical (unpaired) electrons. The van der Waals surface area contributed by atoms with Crippen LogP contribution in [0.5, 0.6) is 0 Å². The molecule has 1 saturated heterocycles. The van der Waals surface area contributed by atoms with Gasteiger partial charge in [0.15, 0.2) is 0 Å². The largest absolute Gasteiger partial charge is 0.392 e. The highest BCUT2D eigenvalue weighted by molar-refractivity contribution is 9.10. The quantitative estimate of drug-likeness (QED) is 0.889. The number of hydrogen-bond donors (Lipinski definition) is 2. The average Bonchev–Trinajstić information content (AvgIpc) is 2.72. The third-order valence-corrected chi connectivity index (χ3v) is 4.11. The van der Waals surface area contributed by atoms with Crippen molar-refractivity contribution in [2.24, 2.45) is 0 Å². The van der Waals surface area contributed by atoms with E-state index in [1.807, 2.05) is 12.1 Å². The Balaban J connectivity index is 1.89. The number of aliphatic hydroxyl groups excluding tert-OH is 2. The maximum absolute atomic E-state index is 10.1. The zero-order valence-electron chi connectivity index (χ0n) is 10.0. The standard InChI is InChI=1S/C13H17BrClNO2/c14-9-1-2-11(12(15)7-9)13(18)4-6-16-5-3-10(17)8-16/h1-2,7,10,13,17-18H,3-6,8H2. The summed E-state index contributed by atoms with van der Waals surface area (Å²) in [5, 5.41) is 20.1. The van der Waals surface area contributed by atoms with E-state index in [-0.39, 0.29) is 6.10 Å². The van der Waals surface area contributed by atoms with E-state index in [0.29, 0.717) is 18.0 Å². The number of β-amino-alcohol motifs (C(OH)–C–C–N with tert-alkyl or cyclic N) is 1. The van der Waals surface area contributed by atoms with Crippen LogP contribution in [0.25, 0.3) is 0 Å². The minimum atomic E-state index is -0.552. The van der Waals surface area contributed by atoms with Gasteiger partial charge in [-0.3, -0.25) is 0 Å². The van der Waals surface area contributed by atoms with E-state index >= 15 is 0 Å². The number of hydrogen-bond acceptors (Lipinski definition) is 3. The Kier molecular flexibility index (Phi) is 5.04. The second-order valence-electron chi connectivity index (χ2n) is 4.71. The van der Waals surface area contributed by atoms with Gasteiger partial charge in [-0.25, -0.2) is 0 Å². The number of rotatable bonds is 4. The molecule has 1 aromatic carbocycles. The molecule has 1 aliphatic heterocycles. The van der Waals surface area contributed by atoms with Gasteiger partial charge in [0.25, 0.3) is 0 Å².